The number of rotatable bonds is 10. The number of benzene rings is 2. The number of thiazole rings is 1. The van der Waals surface area contributed by atoms with Crippen molar-refractivity contribution >= 4 is 45.0 Å². The van der Waals surface area contributed by atoms with Gasteiger partial charge in [0.1, 0.15) is 5.75 Å². The van der Waals surface area contributed by atoms with Gasteiger partial charge < -0.3 is 18.8 Å². The van der Waals surface area contributed by atoms with Crippen molar-refractivity contribution in [3.05, 3.63) is 60.7 Å². The monoisotopic (exact) mass is 502 g/mol. The predicted molar refractivity (Wildman–Crippen MR) is 136 cm³/mol. The number of hydrogen-bond donors (Lipinski definition) is 0. The summed E-state index contributed by atoms with van der Waals surface area (Å²) in [7, 11) is 4.81. The Balaban J connectivity index is 0.00000324. The molecule has 1 amide bonds. The van der Waals surface area contributed by atoms with Crippen molar-refractivity contribution in [3.63, 3.8) is 0 Å². The van der Waals surface area contributed by atoms with E-state index in [-0.39, 0.29) is 24.7 Å². The SMILES string of the molecule is COc1ccc2nc(N(CCCn3ccnc3)C(=O)Cc3ccc(OC)c(OC)c3)sc2c1.Cl. The van der Waals surface area contributed by atoms with Gasteiger partial charge in [0.05, 0.1) is 44.3 Å². The number of anilines is 1. The van der Waals surface area contributed by atoms with E-state index in [0.29, 0.717) is 23.2 Å². The Bertz CT molecular complexity index is 1230. The molecule has 180 valence electrons. The highest BCUT2D eigenvalue weighted by Crippen LogP contribution is 2.33. The first-order valence-electron chi connectivity index (χ1n) is 10.5. The molecule has 0 radical (unpaired) electrons. The second-order valence-electron chi connectivity index (χ2n) is 7.40. The molecule has 34 heavy (non-hydrogen) atoms. The number of hydrogen-bond acceptors (Lipinski definition) is 7. The second-order valence-corrected chi connectivity index (χ2v) is 8.40. The molecule has 0 unspecified atom stereocenters. The molecule has 0 bridgehead atoms. The molecule has 4 aromatic rings. The normalized spacial score (nSPS) is 10.6. The average molecular weight is 503 g/mol. The lowest BCUT2D eigenvalue weighted by atomic mass is 10.1. The molecule has 0 atom stereocenters. The summed E-state index contributed by atoms with van der Waals surface area (Å²) in [5, 5.41) is 0.675. The van der Waals surface area contributed by atoms with E-state index in [0.717, 1.165) is 34.5 Å². The molecular formula is C24H27ClN4O4S. The van der Waals surface area contributed by atoms with Crippen molar-refractivity contribution in [2.75, 3.05) is 32.8 Å². The summed E-state index contributed by atoms with van der Waals surface area (Å²) < 4.78 is 19.0. The Labute approximate surface area is 208 Å². The number of fused-ring (bicyclic) bond motifs is 1. The highest BCUT2D eigenvalue weighted by molar-refractivity contribution is 7.22. The van der Waals surface area contributed by atoms with Crippen molar-refractivity contribution in [2.45, 2.75) is 19.4 Å². The summed E-state index contributed by atoms with van der Waals surface area (Å²) in [6, 6.07) is 11.3. The molecule has 0 fully saturated rings. The summed E-state index contributed by atoms with van der Waals surface area (Å²) >= 11 is 1.49. The van der Waals surface area contributed by atoms with Crippen LogP contribution >= 0.6 is 23.7 Å². The number of nitrogens with zero attached hydrogens (tertiary/aromatic N) is 4. The third-order valence-electron chi connectivity index (χ3n) is 5.28. The summed E-state index contributed by atoms with van der Waals surface area (Å²) in [6.45, 7) is 1.31. The fourth-order valence-electron chi connectivity index (χ4n) is 3.55. The van der Waals surface area contributed by atoms with Gasteiger partial charge in [0, 0.05) is 25.5 Å². The fraction of sp³-hybridized carbons (Fsp3) is 0.292. The van der Waals surface area contributed by atoms with Gasteiger partial charge in [-0.15, -0.1) is 12.4 Å². The van der Waals surface area contributed by atoms with Gasteiger partial charge in [-0.25, -0.2) is 9.97 Å². The number of imidazole rings is 1. The number of carbonyl (C=O) groups excluding carboxylic acids is 1. The maximum atomic E-state index is 13.4. The van der Waals surface area contributed by atoms with Gasteiger partial charge in [0.25, 0.3) is 0 Å². The topological polar surface area (TPSA) is 78.7 Å². The first-order chi connectivity index (χ1) is 16.1. The number of carbonyl (C=O) groups is 1. The van der Waals surface area contributed by atoms with E-state index in [9.17, 15) is 4.79 Å². The van der Waals surface area contributed by atoms with E-state index in [1.807, 2.05) is 47.2 Å². The minimum absolute atomic E-state index is 0. The van der Waals surface area contributed by atoms with E-state index in [1.54, 1.807) is 38.8 Å². The molecule has 0 aliphatic heterocycles. The molecule has 0 aliphatic carbocycles. The zero-order valence-corrected chi connectivity index (χ0v) is 20.9. The van der Waals surface area contributed by atoms with Gasteiger partial charge in [0.15, 0.2) is 16.6 Å². The second kappa shape index (κ2) is 11.7. The van der Waals surface area contributed by atoms with Crippen molar-refractivity contribution in [3.8, 4) is 17.2 Å². The summed E-state index contributed by atoms with van der Waals surface area (Å²) in [6.07, 6.45) is 6.44. The number of aromatic nitrogens is 3. The minimum Gasteiger partial charge on any atom is -0.497 e. The van der Waals surface area contributed by atoms with Crippen LogP contribution in [0.25, 0.3) is 10.2 Å². The van der Waals surface area contributed by atoms with Crippen LogP contribution in [-0.2, 0) is 17.8 Å². The van der Waals surface area contributed by atoms with Gasteiger partial charge in [-0.1, -0.05) is 17.4 Å². The van der Waals surface area contributed by atoms with Gasteiger partial charge in [-0.05, 0) is 42.3 Å². The molecule has 2 aromatic heterocycles. The molecule has 2 heterocycles. The van der Waals surface area contributed by atoms with E-state index >= 15 is 0 Å². The molecule has 0 N–H and O–H groups in total. The van der Waals surface area contributed by atoms with Gasteiger partial charge in [-0.2, -0.15) is 0 Å². The standard InChI is InChI=1S/C24H26N4O4S.ClH/c1-30-18-6-7-19-22(15-18)33-24(26-19)28(11-4-10-27-12-9-25-16-27)23(29)14-17-5-8-20(31-2)21(13-17)32-3;/h5-9,12-13,15-16H,4,10-11,14H2,1-3H3;1H. The van der Waals surface area contributed by atoms with Crippen molar-refractivity contribution < 1.29 is 19.0 Å². The zero-order chi connectivity index (χ0) is 23.2. The Morgan fingerprint density at radius 1 is 1.06 bits per heavy atom. The lowest BCUT2D eigenvalue weighted by Crippen LogP contribution is -2.33. The van der Waals surface area contributed by atoms with Crippen molar-refractivity contribution in [1.29, 1.82) is 0 Å². The van der Waals surface area contributed by atoms with E-state index in [4.69, 9.17) is 19.2 Å². The van der Waals surface area contributed by atoms with E-state index in [1.165, 1.54) is 11.3 Å². The first kappa shape index (κ1) is 25.3. The van der Waals surface area contributed by atoms with Crippen LogP contribution in [-0.4, -0.2) is 48.3 Å². The van der Waals surface area contributed by atoms with E-state index < -0.39 is 0 Å². The fourth-order valence-corrected chi connectivity index (χ4v) is 4.59. The molecule has 4 rings (SSSR count). The first-order valence-corrected chi connectivity index (χ1v) is 11.3. The number of ether oxygens (including phenoxy) is 3. The molecule has 8 nitrogen and oxygen atoms in total. The number of halogens is 1. The molecule has 0 saturated carbocycles. The van der Waals surface area contributed by atoms with Crippen LogP contribution in [0.3, 0.4) is 0 Å². The third-order valence-corrected chi connectivity index (χ3v) is 6.32. The van der Waals surface area contributed by atoms with Crippen LogP contribution in [0.1, 0.15) is 12.0 Å². The number of methoxy groups -OCH3 is 3. The summed E-state index contributed by atoms with van der Waals surface area (Å²) in [4.78, 5) is 24.0. The molecule has 10 heteroatoms. The van der Waals surface area contributed by atoms with Crippen LogP contribution < -0.4 is 19.1 Å². The summed E-state index contributed by atoms with van der Waals surface area (Å²) in [5.74, 6) is 1.97. The Morgan fingerprint density at radius 3 is 2.59 bits per heavy atom. The van der Waals surface area contributed by atoms with Crippen LogP contribution in [0.15, 0.2) is 55.1 Å². The van der Waals surface area contributed by atoms with Crippen molar-refractivity contribution in [2.24, 2.45) is 0 Å². The van der Waals surface area contributed by atoms with E-state index in [2.05, 4.69) is 4.98 Å². The highest BCUT2D eigenvalue weighted by atomic mass is 35.5. The Morgan fingerprint density at radius 2 is 1.88 bits per heavy atom. The van der Waals surface area contributed by atoms with Gasteiger partial charge >= 0.3 is 0 Å². The molecule has 2 aromatic carbocycles. The minimum atomic E-state index is -0.0288. The van der Waals surface area contributed by atoms with Crippen LogP contribution in [0.2, 0.25) is 0 Å². The molecule has 0 aliphatic rings. The van der Waals surface area contributed by atoms with Crippen LogP contribution in [0.4, 0.5) is 5.13 Å². The van der Waals surface area contributed by atoms with Gasteiger partial charge in [0.2, 0.25) is 5.91 Å². The van der Waals surface area contributed by atoms with Gasteiger partial charge in [-0.3, -0.25) is 9.69 Å². The number of aryl methyl sites for hydroxylation is 1. The third kappa shape index (κ3) is 5.78. The van der Waals surface area contributed by atoms with Crippen LogP contribution in [0.5, 0.6) is 17.2 Å². The van der Waals surface area contributed by atoms with Crippen molar-refractivity contribution in [1.82, 2.24) is 14.5 Å². The number of amides is 1. The lowest BCUT2D eigenvalue weighted by Gasteiger charge is -2.20. The predicted octanol–water partition coefficient (Wildman–Crippen LogP) is 4.61. The van der Waals surface area contributed by atoms with Crippen LogP contribution in [0, 0.1) is 0 Å². The Hall–Kier alpha value is -3.30. The lowest BCUT2D eigenvalue weighted by molar-refractivity contribution is -0.118. The largest absolute Gasteiger partial charge is 0.497 e. The maximum absolute atomic E-state index is 13.4. The highest BCUT2D eigenvalue weighted by Gasteiger charge is 2.21. The molecule has 0 spiro atoms. The zero-order valence-electron chi connectivity index (χ0n) is 19.3. The quantitative estimate of drug-likeness (QED) is 0.315. The average Bonchev–Trinajstić information content (AvgIpc) is 3.50. The molecule has 0 saturated heterocycles. The molecular weight excluding hydrogens is 476 g/mol. The summed E-state index contributed by atoms with van der Waals surface area (Å²) in [5.41, 5.74) is 1.69. The Kier molecular flexibility index (Phi) is 8.72. The maximum Gasteiger partial charge on any atom is 0.233 e. The smallest absolute Gasteiger partial charge is 0.233 e.